The van der Waals surface area contributed by atoms with Crippen molar-refractivity contribution in [1.82, 2.24) is 10.6 Å². The summed E-state index contributed by atoms with van der Waals surface area (Å²) in [5, 5.41) is 5.98. The minimum absolute atomic E-state index is 0. The van der Waals surface area contributed by atoms with Crippen molar-refractivity contribution in [3.8, 4) is 0 Å². The number of halogens is 1. The summed E-state index contributed by atoms with van der Waals surface area (Å²) in [6, 6.07) is 3.47. The summed E-state index contributed by atoms with van der Waals surface area (Å²) < 4.78 is 5.19. The van der Waals surface area contributed by atoms with Gasteiger partial charge in [0.2, 0.25) is 0 Å². The van der Waals surface area contributed by atoms with Crippen LogP contribution in [-0.4, -0.2) is 25.5 Å². The smallest absolute Gasteiger partial charge is 0.287 e. The summed E-state index contributed by atoms with van der Waals surface area (Å²) in [7, 11) is 0. The number of amides is 1. The first-order valence-corrected chi connectivity index (χ1v) is 5.29. The lowest BCUT2D eigenvalue weighted by molar-refractivity contribution is 0.0925. The van der Waals surface area contributed by atoms with Crippen LogP contribution >= 0.6 is 12.4 Å². The molecule has 0 atom stereocenters. The Morgan fingerprint density at radius 1 is 1.31 bits per heavy atom. The fraction of sp³-hybridized carbons (Fsp3) is 0.545. The van der Waals surface area contributed by atoms with E-state index in [2.05, 4.69) is 17.6 Å². The average molecular weight is 247 g/mol. The topological polar surface area (TPSA) is 54.3 Å². The Morgan fingerprint density at radius 2 is 2.06 bits per heavy atom. The molecule has 0 bridgehead atoms. The molecule has 0 aliphatic heterocycles. The van der Waals surface area contributed by atoms with Crippen LogP contribution in [0.4, 0.5) is 0 Å². The minimum Gasteiger partial charge on any atom is -0.456 e. The number of furan rings is 1. The first-order chi connectivity index (χ1) is 7.24. The normalized spacial score (nSPS) is 9.62. The molecule has 0 unspecified atom stereocenters. The van der Waals surface area contributed by atoms with Crippen molar-refractivity contribution >= 4 is 18.3 Å². The Bertz CT molecular complexity index is 313. The lowest BCUT2D eigenvalue weighted by atomic mass is 10.4. The van der Waals surface area contributed by atoms with E-state index >= 15 is 0 Å². The predicted octanol–water partition coefficient (Wildman–Crippen LogP) is 1.74. The van der Waals surface area contributed by atoms with Gasteiger partial charge in [-0.1, -0.05) is 6.92 Å². The van der Waals surface area contributed by atoms with Gasteiger partial charge >= 0.3 is 0 Å². The van der Waals surface area contributed by atoms with Crippen LogP contribution in [0.25, 0.3) is 0 Å². The predicted molar refractivity (Wildman–Crippen MR) is 66.2 cm³/mol. The van der Waals surface area contributed by atoms with E-state index < -0.39 is 0 Å². The number of carbonyl (C=O) groups excluding carboxylic acids is 1. The molecule has 1 heterocycles. The first-order valence-electron chi connectivity index (χ1n) is 5.29. The molecule has 5 heteroatoms. The molecule has 0 aliphatic rings. The molecule has 0 aliphatic carbocycles. The quantitative estimate of drug-likeness (QED) is 0.752. The lowest BCUT2D eigenvalue weighted by Gasteiger charge is -2.03. The maximum absolute atomic E-state index is 11.5. The average Bonchev–Trinajstić information content (AvgIpc) is 2.64. The van der Waals surface area contributed by atoms with E-state index in [0.717, 1.165) is 25.3 Å². The van der Waals surface area contributed by atoms with Crippen molar-refractivity contribution in [2.24, 2.45) is 0 Å². The first kappa shape index (κ1) is 15.0. The Morgan fingerprint density at radius 3 is 2.62 bits per heavy atom. The van der Waals surface area contributed by atoms with E-state index in [4.69, 9.17) is 4.42 Å². The molecule has 1 aromatic rings. The molecule has 0 aromatic carbocycles. The molecule has 1 amide bonds. The highest BCUT2D eigenvalue weighted by Gasteiger charge is 2.07. The molecule has 16 heavy (non-hydrogen) atoms. The van der Waals surface area contributed by atoms with Crippen LogP contribution in [0.15, 0.2) is 16.5 Å². The number of nitrogens with one attached hydrogen (secondary N) is 2. The number of aryl methyl sites for hydroxylation is 1. The molecule has 1 rings (SSSR count). The SMILES string of the molecule is CCCNCCNC(=O)c1ccc(C)o1.Cl. The molecular formula is C11H19ClN2O2. The zero-order valence-corrected chi connectivity index (χ0v) is 10.5. The van der Waals surface area contributed by atoms with Gasteiger partial charge in [-0.25, -0.2) is 0 Å². The second kappa shape index (κ2) is 8.19. The zero-order valence-electron chi connectivity index (χ0n) is 9.71. The van der Waals surface area contributed by atoms with Crippen LogP contribution in [0.3, 0.4) is 0 Å². The van der Waals surface area contributed by atoms with Crippen molar-refractivity contribution in [3.63, 3.8) is 0 Å². The maximum Gasteiger partial charge on any atom is 0.287 e. The number of hydrogen-bond acceptors (Lipinski definition) is 3. The monoisotopic (exact) mass is 246 g/mol. The highest BCUT2D eigenvalue weighted by molar-refractivity contribution is 5.91. The molecule has 92 valence electrons. The van der Waals surface area contributed by atoms with Crippen LogP contribution in [0.2, 0.25) is 0 Å². The van der Waals surface area contributed by atoms with Gasteiger partial charge < -0.3 is 15.1 Å². The van der Waals surface area contributed by atoms with E-state index in [9.17, 15) is 4.79 Å². The summed E-state index contributed by atoms with van der Waals surface area (Å²) in [6.45, 7) is 6.32. The van der Waals surface area contributed by atoms with E-state index in [1.54, 1.807) is 12.1 Å². The lowest BCUT2D eigenvalue weighted by Crippen LogP contribution is -2.31. The summed E-state index contributed by atoms with van der Waals surface area (Å²) in [5.74, 6) is 0.980. The van der Waals surface area contributed by atoms with Crippen molar-refractivity contribution in [1.29, 1.82) is 0 Å². The molecule has 0 fully saturated rings. The molecule has 4 nitrogen and oxygen atoms in total. The Kier molecular flexibility index (Phi) is 7.68. The molecule has 0 spiro atoms. The van der Waals surface area contributed by atoms with E-state index in [1.165, 1.54) is 0 Å². The van der Waals surface area contributed by atoms with Gasteiger partial charge in [0.1, 0.15) is 5.76 Å². The van der Waals surface area contributed by atoms with E-state index in [-0.39, 0.29) is 18.3 Å². The number of hydrogen-bond donors (Lipinski definition) is 2. The van der Waals surface area contributed by atoms with Crippen molar-refractivity contribution in [2.45, 2.75) is 20.3 Å². The molecule has 1 aromatic heterocycles. The largest absolute Gasteiger partial charge is 0.456 e. The third-order valence-electron chi connectivity index (χ3n) is 1.98. The standard InChI is InChI=1S/C11H18N2O2.ClH/c1-3-6-12-7-8-13-11(14)10-5-4-9(2)15-10;/h4-5,12H,3,6-8H2,1-2H3,(H,13,14);1H. The number of carbonyl (C=O) groups is 1. The Labute approximate surface area is 102 Å². The van der Waals surface area contributed by atoms with Gasteiger partial charge in [-0.05, 0) is 32.0 Å². The van der Waals surface area contributed by atoms with Crippen molar-refractivity contribution < 1.29 is 9.21 Å². The van der Waals surface area contributed by atoms with E-state index in [0.29, 0.717) is 12.3 Å². The third kappa shape index (κ3) is 5.19. The van der Waals surface area contributed by atoms with Crippen molar-refractivity contribution in [3.05, 3.63) is 23.7 Å². The van der Waals surface area contributed by atoms with Crippen molar-refractivity contribution in [2.75, 3.05) is 19.6 Å². The number of rotatable bonds is 6. The fourth-order valence-corrected chi connectivity index (χ4v) is 1.21. The maximum atomic E-state index is 11.5. The molecule has 2 N–H and O–H groups in total. The second-order valence-electron chi connectivity index (χ2n) is 3.42. The van der Waals surface area contributed by atoms with Crippen LogP contribution in [0, 0.1) is 6.92 Å². The molecule has 0 saturated heterocycles. The van der Waals surface area contributed by atoms with Crippen LogP contribution in [0.1, 0.15) is 29.7 Å². The van der Waals surface area contributed by atoms with E-state index in [1.807, 2.05) is 6.92 Å². The fourth-order valence-electron chi connectivity index (χ4n) is 1.21. The minimum atomic E-state index is -0.151. The Hall–Kier alpha value is -1.00. The van der Waals surface area contributed by atoms with Gasteiger partial charge in [0, 0.05) is 13.1 Å². The Balaban J connectivity index is 0.00000225. The van der Waals surface area contributed by atoms with Crippen LogP contribution < -0.4 is 10.6 Å². The van der Waals surface area contributed by atoms with Crippen LogP contribution in [-0.2, 0) is 0 Å². The second-order valence-corrected chi connectivity index (χ2v) is 3.42. The summed E-state index contributed by atoms with van der Waals surface area (Å²) >= 11 is 0. The van der Waals surface area contributed by atoms with Gasteiger partial charge in [0.05, 0.1) is 0 Å². The molecule has 0 radical (unpaired) electrons. The highest BCUT2D eigenvalue weighted by atomic mass is 35.5. The highest BCUT2D eigenvalue weighted by Crippen LogP contribution is 2.05. The molecule has 0 saturated carbocycles. The van der Waals surface area contributed by atoms with Gasteiger partial charge in [-0.2, -0.15) is 0 Å². The molecular weight excluding hydrogens is 228 g/mol. The zero-order chi connectivity index (χ0) is 11.1. The van der Waals surface area contributed by atoms with Gasteiger partial charge in [0.25, 0.3) is 5.91 Å². The van der Waals surface area contributed by atoms with Gasteiger partial charge in [-0.3, -0.25) is 4.79 Å². The summed E-state index contributed by atoms with van der Waals surface area (Å²) in [4.78, 5) is 11.5. The van der Waals surface area contributed by atoms with Gasteiger partial charge in [-0.15, -0.1) is 12.4 Å². The van der Waals surface area contributed by atoms with Gasteiger partial charge in [0.15, 0.2) is 5.76 Å². The summed E-state index contributed by atoms with van der Waals surface area (Å²) in [6.07, 6.45) is 1.10. The third-order valence-corrected chi connectivity index (χ3v) is 1.98. The summed E-state index contributed by atoms with van der Waals surface area (Å²) in [5.41, 5.74) is 0. The van der Waals surface area contributed by atoms with Crippen LogP contribution in [0.5, 0.6) is 0 Å².